The van der Waals surface area contributed by atoms with Gasteiger partial charge in [-0.3, -0.25) is 10.1 Å². The Kier molecular flexibility index (Phi) is 2.96. The molecule has 92 valence electrons. The first-order chi connectivity index (χ1) is 7.81. The van der Waals surface area contributed by atoms with E-state index in [1.165, 1.54) is 12.1 Å². The summed E-state index contributed by atoms with van der Waals surface area (Å²) in [7, 11) is 0. The Balaban J connectivity index is 2.26. The lowest BCUT2D eigenvalue weighted by Crippen LogP contribution is -2.09. The van der Waals surface area contributed by atoms with Gasteiger partial charge in [0.05, 0.1) is 20.7 Å². The number of nitrogens with one attached hydrogen (secondary N) is 1. The van der Waals surface area contributed by atoms with Gasteiger partial charge in [0, 0.05) is 18.2 Å². The van der Waals surface area contributed by atoms with E-state index in [0.717, 1.165) is 6.42 Å². The van der Waals surface area contributed by atoms with Crippen molar-refractivity contribution in [1.29, 1.82) is 0 Å². The Labute approximate surface area is 109 Å². The monoisotopic (exact) mass is 274 g/mol. The number of nitro groups is 1. The molecule has 0 radical (unpaired) electrons. The van der Waals surface area contributed by atoms with Gasteiger partial charge in [0.1, 0.15) is 0 Å². The summed E-state index contributed by atoms with van der Waals surface area (Å²) in [6, 6.07) is 2.94. The highest BCUT2D eigenvalue weighted by molar-refractivity contribution is 6.39. The predicted octanol–water partition coefficient (Wildman–Crippen LogP) is 4.11. The van der Waals surface area contributed by atoms with Crippen LogP contribution in [-0.4, -0.2) is 11.0 Å². The molecule has 1 aliphatic rings. The van der Waals surface area contributed by atoms with E-state index in [1.54, 1.807) is 0 Å². The molecule has 0 saturated heterocycles. The third-order valence-corrected chi connectivity index (χ3v) is 3.67. The Morgan fingerprint density at radius 2 is 1.88 bits per heavy atom. The van der Waals surface area contributed by atoms with Gasteiger partial charge in [-0.1, -0.05) is 37.0 Å². The normalized spacial score (nSPS) is 21.1. The quantitative estimate of drug-likeness (QED) is 0.667. The Hall–Kier alpha value is -1.00. The molecule has 1 N–H and O–H groups in total. The van der Waals surface area contributed by atoms with Crippen LogP contribution in [0, 0.1) is 15.5 Å². The molecule has 6 heteroatoms. The molecule has 1 saturated carbocycles. The molecule has 0 bridgehead atoms. The highest BCUT2D eigenvalue weighted by Crippen LogP contribution is 2.48. The first-order valence-corrected chi connectivity index (χ1v) is 5.97. The van der Waals surface area contributed by atoms with Crippen LogP contribution in [0.25, 0.3) is 0 Å². The van der Waals surface area contributed by atoms with Crippen molar-refractivity contribution in [1.82, 2.24) is 0 Å². The molecule has 1 aliphatic carbocycles. The van der Waals surface area contributed by atoms with E-state index in [-0.39, 0.29) is 21.1 Å². The van der Waals surface area contributed by atoms with Crippen LogP contribution in [0.4, 0.5) is 11.4 Å². The van der Waals surface area contributed by atoms with E-state index in [0.29, 0.717) is 11.7 Å². The molecule has 1 fully saturated rings. The minimum absolute atomic E-state index is 0.0967. The number of nitro benzene ring substituents is 1. The maximum Gasteiger partial charge on any atom is 0.272 e. The molecule has 0 spiro atoms. The van der Waals surface area contributed by atoms with E-state index in [9.17, 15) is 10.1 Å². The first kappa shape index (κ1) is 12.5. The molecule has 0 aromatic heterocycles. The van der Waals surface area contributed by atoms with Crippen LogP contribution in [0.2, 0.25) is 10.0 Å². The second-order valence-corrected chi connectivity index (χ2v) is 5.75. The van der Waals surface area contributed by atoms with Crippen molar-refractivity contribution in [3.63, 3.8) is 0 Å². The SMILES string of the molecule is CC1(C)CC1Nc1c(Cl)cc([N+](=O)[O-])cc1Cl. The van der Waals surface area contributed by atoms with Crippen LogP contribution in [0.15, 0.2) is 12.1 Å². The van der Waals surface area contributed by atoms with Gasteiger partial charge in [-0.25, -0.2) is 0 Å². The summed E-state index contributed by atoms with van der Waals surface area (Å²) in [4.78, 5) is 10.1. The number of rotatable bonds is 3. The fourth-order valence-electron chi connectivity index (χ4n) is 1.69. The van der Waals surface area contributed by atoms with Gasteiger partial charge in [-0.05, 0) is 11.8 Å². The summed E-state index contributed by atoms with van der Waals surface area (Å²) in [5.41, 5.74) is 0.712. The third kappa shape index (κ3) is 2.48. The molecule has 0 amide bonds. The highest BCUT2D eigenvalue weighted by Gasteiger charge is 2.46. The summed E-state index contributed by atoms with van der Waals surface area (Å²) >= 11 is 12.0. The van der Waals surface area contributed by atoms with Crippen LogP contribution in [-0.2, 0) is 0 Å². The van der Waals surface area contributed by atoms with Crippen LogP contribution < -0.4 is 5.32 Å². The molecule has 4 nitrogen and oxygen atoms in total. The summed E-state index contributed by atoms with van der Waals surface area (Å²) in [6.07, 6.45) is 1.04. The van der Waals surface area contributed by atoms with E-state index in [2.05, 4.69) is 19.2 Å². The predicted molar refractivity (Wildman–Crippen MR) is 68.9 cm³/mol. The van der Waals surface area contributed by atoms with Gasteiger partial charge in [0.25, 0.3) is 5.69 Å². The first-order valence-electron chi connectivity index (χ1n) is 5.21. The number of anilines is 1. The zero-order valence-electron chi connectivity index (χ0n) is 9.46. The lowest BCUT2D eigenvalue weighted by molar-refractivity contribution is -0.384. The fourth-order valence-corrected chi connectivity index (χ4v) is 2.28. The van der Waals surface area contributed by atoms with Crippen molar-refractivity contribution in [2.45, 2.75) is 26.3 Å². The summed E-state index contributed by atoms with van der Waals surface area (Å²) in [5.74, 6) is 0. The number of benzene rings is 1. The van der Waals surface area contributed by atoms with Gasteiger partial charge in [-0.15, -0.1) is 0 Å². The van der Waals surface area contributed by atoms with Crippen molar-refractivity contribution in [2.24, 2.45) is 5.41 Å². The fraction of sp³-hybridized carbons (Fsp3) is 0.455. The molecule has 0 heterocycles. The van der Waals surface area contributed by atoms with Crippen molar-refractivity contribution in [2.75, 3.05) is 5.32 Å². The molecule has 1 aromatic carbocycles. The van der Waals surface area contributed by atoms with Crippen LogP contribution in [0.1, 0.15) is 20.3 Å². The smallest absolute Gasteiger partial charge is 0.272 e. The lowest BCUT2D eigenvalue weighted by Gasteiger charge is -2.11. The zero-order chi connectivity index (χ0) is 12.8. The zero-order valence-corrected chi connectivity index (χ0v) is 11.0. The molecule has 1 aromatic rings. The summed E-state index contributed by atoms with van der Waals surface area (Å²) < 4.78 is 0. The molecule has 1 unspecified atom stereocenters. The highest BCUT2D eigenvalue weighted by atomic mass is 35.5. The minimum Gasteiger partial charge on any atom is -0.379 e. The maximum absolute atomic E-state index is 10.6. The number of hydrogen-bond acceptors (Lipinski definition) is 3. The largest absolute Gasteiger partial charge is 0.379 e. The van der Waals surface area contributed by atoms with Crippen LogP contribution in [0.5, 0.6) is 0 Å². The average Bonchev–Trinajstić information content (AvgIpc) is 2.79. The number of nitrogens with zero attached hydrogens (tertiary/aromatic N) is 1. The van der Waals surface area contributed by atoms with Gasteiger partial charge in [0.2, 0.25) is 0 Å². The van der Waals surface area contributed by atoms with Gasteiger partial charge >= 0.3 is 0 Å². The molecule has 2 rings (SSSR count). The van der Waals surface area contributed by atoms with E-state index >= 15 is 0 Å². The van der Waals surface area contributed by atoms with Crippen molar-refractivity contribution < 1.29 is 4.92 Å². The molecule has 1 atom stereocenters. The average molecular weight is 275 g/mol. The number of halogens is 2. The van der Waals surface area contributed by atoms with Crippen LogP contribution in [0.3, 0.4) is 0 Å². The van der Waals surface area contributed by atoms with E-state index < -0.39 is 4.92 Å². The topological polar surface area (TPSA) is 55.2 Å². The minimum atomic E-state index is -0.511. The van der Waals surface area contributed by atoms with Gasteiger partial charge in [0.15, 0.2) is 0 Å². The summed E-state index contributed by atoms with van der Waals surface area (Å²) in [6.45, 7) is 4.27. The van der Waals surface area contributed by atoms with Crippen molar-refractivity contribution in [3.8, 4) is 0 Å². The third-order valence-electron chi connectivity index (χ3n) is 3.07. The van der Waals surface area contributed by atoms with E-state index in [1.807, 2.05) is 0 Å². The Morgan fingerprint density at radius 3 is 2.24 bits per heavy atom. The second kappa shape index (κ2) is 4.03. The number of non-ortho nitro benzene ring substituents is 1. The lowest BCUT2D eigenvalue weighted by atomic mass is 10.2. The molecular formula is C11H12Cl2N2O2. The second-order valence-electron chi connectivity index (χ2n) is 4.93. The maximum atomic E-state index is 10.6. The van der Waals surface area contributed by atoms with Crippen molar-refractivity contribution in [3.05, 3.63) is 32.3 Å². The van der Waals surface area contributed by atoms with Crippen molar-refractivity contribution >= 4 is 34.6 Å². The summed E-state index contributed by atoms with van der Waals surface area (Å²) in [5, 5.41) is 14.4. The van der Waals surface area contributed by atoms with Gasteiger partial charge in [-0.2, -0.15) is 0 Å². The molecular weight excluding hydrogens is 263 g/mol. The molecule has 17 heavy (non-hydrogen) atoms. The van der Waals surface area contributed by atoms with E-state index in [4.69, 9.17) is 23.2 Å². The van der Waals surface area contributed by atoms with Crippen LogP contribution >= 0.6 is 23.2 Å². The molecule has 0 aliphatic heterocycles. The number of hydrogen-bond donors (Lipinski definition) is 1. The Bertz CT molecular complexity index is 465. The Morgan fingerprint density at radius 1 is 1.41 bits per heavy atom. The standard InChI is InChI=1S/C11H12Cl2N2O2/c1-11(2)5-9(11)14-10-7(12)3-6(15(16)17)4-8(10)13/h3-4,9,14H,5H2,1-2H3. The van der Waals surface area contributed by atoms with Gasteiger partial charge < -0.3 is 5.32 Å².